The highest BCUT2D eigenvalue weighted by atomic mass is 16.5. The molecule has 2 rings (SSSR count). The van der Waals surface area contributed by atoms with E-state index >= 15 is 0 Å². The Bertz CT molecular complexity index is 257. The predicted octanol–water partition coefficient (Wildman–Crippen LogP) is 0.751. The second-order valence-electron chi connectivity index (χ2n) is 4.90. The fourth-order valence-corrected chi connectivity index (χ4v) is 2.75. The quantitative estimate of drug-likeness (QED) is 0.756. The number of amides is 1. The number of likely N-dealkylation sites (tertiary alicyclic amines) is 1. The third kappa shape index (κ3) is 2.23. The highest BCUT2D eigenvalue weighted by Gasteiger charge is 2.37. The molecule has 2 aliphatic heterocycles. The van der Waals surface area contributed by atoms with Crippen molar-refractivity contribution in [3.8, 4) is 0 Å². The second kappa shape index (κ2) is 5.15. The van der Waals surface area contributed by atoms with Crippen LogP contribution < -0.4 is 5.73 Å². The van der Waals surface area contributed by atoms with Gasteiger partial charge in [-0.05, 0) is 25.7 Å². The van der Waals surface area contributed by atoms with E-state index in [9.17, 15) is 4.79 Å². The Morgan fingerprint density at radius 3 is 2.88 bits per heavy atom. The van der Waals surface area contributed by atoms with Crippen molar-refractivity contribution in [2.75, 3.05) is 19.8 Å². The first-order chi connectivity index (χ1) is 7.74. The summed E-state index contributed by atoms with van der Waals surface area (Å²) in [6, 6.07) is 0.320. The lowest BCUT2D eigenvalue weighted by Gasteiger charge is -2.37. The molecule has 2 N–H and O–H groups in total. The van der Waals surface area contributed by atoms with E-state index in [1.165, 1.54) is 6.42 Å². The molecule has 0 aromatic rings. The maximum absolute atomic E-state index is 12.3. The van der Waals surface area contributed by atoms with Gasteiger partial charge in [0.15, 0.2) is 0 Å². The first kappa shape index (κ1) is 11.9. The van der Waals surface area contributed by atoms with E-state index in [1.807, 2.05) is 4.90 Å². The van der Waals surface area contributed by atoms with E-state index in [0.29, 0.717) is 19.3 Å². The van der Waals surface area contributed by atoms with Gasteiger partial charge in [0.2, 0.25) is 5.91 Å². The van der Waals surface area contributed by atoms with Crippen molar-refractivity contribution in [3.05, 3.63) is 0 Å². The number of nitrogens with zero attached hydrogens (tertiary/aromatic N) is 1. The largest absolute Gasteiger partial charge is 0.379 e. The van der Waals surface area contributed by atoms with Crippen molar-refractivity contribution in [1.29, 1.82) is 0 Å². The van der Waals surface area contributed by atoms with E-state index in [2.05, 4.69) is 6.92 Å². The Labute approximate surface area is 97.1 Å². The highest BCUT2D eigenvalue weighted by molar-refractivity contribution is 5.80. The lowest BCUT2D eigenvalue weighted by Crippen LogP contribution is -2.49. The van der Waals surface area contributed by atoms with Crippen LogP contribution in [-0.2, 0) is 9.53 Å². The molecule has 0 saturated carbocycles. The summed E-state index contributed by atoms with van der Waals surface area (Å²) in [5.41, 5.74) is 5.90. The van der Waals surface area contributed by atoms with Crippen molar-refractivity contribution in [2.45, 2.75) is 44.7 Å². The number of hydrogen-bond acceptors (Lipinski definition) is 3. The first-order valence-corrected chi connectivity index (χ1v) is 6.37. The van der Waals surface area contributed by atoms with Crippen LogP contribution in [0.2, 0.25) is 0 Å². The van der Waals surface area contributed by atoms with Crippen LogP contribution in [0.1, 0.15) is 32.6 Å². The van der Waals surface area contributed by atoms with Crippen LogP contribution in [0.5, 0.6) is 0 Å². The maximum atomic E-state index is 12.3. The smallest absolute Gasteiger partial charge is 0.229 e. The number of nitrogens with two attached hydrogens (primary N) is 1. The van der Waals surface area contributed by atoms with Crippen LogP contribution in [0.15, 0.2) is 0 Å². The zero-order valence-corrected chi connectivity index (χ0v) is 10.0. The van der Waals surface area contributed by atoms with E-state index in [1.54, 1.807) is 0 Å². The molecule has 4 nitrogen and oxygen atoms in total. The number of hydrogen-bond donors (Lipinski definition) is 1. The standard InChI is InChI=1S/C12H22N2O2/c1-2-9-5-3-4-6-14(9)12(15)10-7-16-8-11(10)13/h9-11H,2-8,13H2,1H3. The van der Waals surface area contributed by atoms with Gasteiger partial charge in [0.25, 0.3) is 0 Å². The SMILES string of the molecule is CCC1CCCCN1C(=O)C1COCC1N. The van der Waals surface area contributed by atoms with Gasteiger partial charge in [-0.15, -0.1) is 0 Å². The lowest BCUT2D eigenvalue weighted by molar-refractivity contribution is -0.139. The predicted molar refractivity (Wildman–Crippen MR) is 61.9 cm³/mol. The minimum Gasteiger partial charge on any atom is -0.379 e. The minimum absolute atomic E-state index is 0.104. The van der Waals surface area contributed by atoms with Gasteiger partial charge in [-0.25, -0.2) is 0 Å². The van der Waals surface area contributed by atoms with Crippen LogP contribution in [0.3, 0.4) is 0 Å². The molecule has 92 valence electrons. The number of ether oxygens (including phenoxy) is 1. The Balaban J connectivity index is 2.01. The summed E-state index contributed by atoms with van der Waals surface area (Å²) in [5.74, 6) is 0.115. The Kier molecular flexibility index (Phi) is 3.82. The van der Waals surface area contributed by atoms with Gasteiger partial charge in [-0.2, -0.15) is 0 Å². The molecule has 3 unspecified atom stereocenters. The number of carbonyl (C=O) groups is 1. The molecule has 2 heterocycles. The van der Waals surface area contributed by atoms with Crippen LogP contribution >= 0.6 is 0 Å². The van der Waals surface area contributed by atoms with Crippen LogP contribution in [0.4, 0.5) is 0 Å². The molecule has 2 aliphatic rings. The van der Waals surface area contributed by atoms with E-state index in [4.69, 9.17) is 10.5 Å². The topological polar surface area (TPSA) is 55.6 Å². The Hall–Kier alpha value is -0.610. The third-order valence-corrected chi connectivity index (χ3v) is 3.82. The summed E-state index contributed by atoms with van der Waals surface area (Å²) in [6.45, 7) is 4.09. The normalized spacial score (nSPS) is 35.4. The van der Waals surface area contributed by atoms with Gasteiger partial charge in [-0.3, -0.25) is 4.79 Å². The molecular weight excluding hydrogens is 204 g/mol. The summed E-state index contributed by atoms with van der Waals surface area (Å²) >= 11 is 0. The summed E-state index contributed by atoms with van der Waals surface area (Å²) in [5, 5.41) is 0. The van der Waals surface area contributed by atoms with E-state index < -0.39 is 0 Å². The fourth-order valence-electron chi connectivity index (χ4n) is 2.75. The average Bonchev–Trinajstić information content (AvgIpc) is 2.74. The summed E-state index contributed by atoms with van der Waals surface area (Å²) in [7, 11) is 0. The van der Waals surface area contributed by atoms with Crippen molar-refractivity contribution >= 4 is 5.91 Å². The molecule has 0 aromatic heterocycles. The molecule has 1 amide bonds. The Morgan fingerprint density at radius 1 is 1.44 bits per heavy atom. The van der Waals surface area contributed by atoms with E-state index in [-0.39, 0.29) is 17.9 Å². The van der Waals surface area contributed by atoms with Crippen LogP contribution in [-0.4, -0.2) is 42.6 Å². The van der Waals surface area contributed by atoms with Gasteiger partial charge >= 0.3 is 0 Å². The van der Waals surface area contributed by atoms with Crippen LogP contribution in [0, 0.1) is 5.92 Å². The molecule has 0 radical (unpaired) electrons. The lowest BCUT2D eigenvalue weighted by atomic mass is 9.95. The van der Waals surface area contributed by atoms with Gasteiger partial charge < -0.3 is 15.4 Å². The van der Waals surface area contributed by atoms with Crippen molar-refractivity contribution < 1.29 is 9.53 Å². The molecule has 0 spiro atoms. The molecule has 2 fully saturated rings. The molecule has 2 saturated heterocycles. The third-order valence-electron chi connectivity index (χ3n) is 3.82. The van der Waals surface area contributed by atoms with Crippen molar-refractivity contribution in [2.24, 2.45) is 11.7 Å². The first-order valence-electron chi connectivity index (χ1n) is 6.37. The van der Waals surface area contributed by atoms with Gasteiger partial charge in [0, 0.05) is 18.6 Å². The number of piperidine rings is 1. The monoisotopic (exact) mass is 226 g/mol. The van der Waals surface area contributed by atoms with Crippen LogP contribution in [0.25, 0.3) is 0 Å². The molecule has 0 aromatic carbocycles. The second-order valence-corrected chi connectivity index (χ2v) is 4.90. The van der Waals surface area contributed by atoms with E-state index in [0.717, 1.165) is 25.8 Å². The maximum Gasteiger partial charge on any atom is 0.229 e. The molecular formula is C12H22N2O2. The molecule has 0 bridgehead atoms. The van der Waals surface area contributed by atoms with Gasteiger partial charge in [-0.1, -0.05) is 6.92 Å². The van der Waals surface area contributed by atoms with Crippen molar-refractivity contribution in [3.63, 3.8) is 0 Å². The molecule has 0 aliphatic carbocycles. The highest BCUT2D eigenvalue weighted by Crippen LogP contribution is 2.24. The summed E-state index contributed by atoms with van der Waals surface area (Å²) < 4.78 is 5.28. The minimum atomic E-state index is -0.105. The molecule has 16 heavy (non-hydrogen) atoms. The van der Waals surface area contributed by atoms with Crippen molar-refractivity contribution in [1.82, 2.24) is 4.90 Å². The summed E-state index contributed by atoms with van der Waals surface area (Å²) in [6.07, 6.45) is 4.57. The summed E-state index contributed by atoms with van der Waals surface area (Å²) in [4.78, 5) is 14.4. The Morgan fingerprint density at radius 2 is 2.25 bits per heavy atom. The zero-order chi connectivity index (χ0) is 11.5. The fraction of sp³-hybridized carbons (Fsp3) is 0.917. The van der Waals surface area contributed by atoms with Gasteiger partial charge in [0.1, 0.15) is 0 Å². The number of rotatable bonds is 2. The molecule has 4 heteroatoms. The molecule has 3 atom stereocenters. The average molecular weight is 226 g/mol. The number of carbonyl (C=O) groups excluding carboxylic acids is 1. The van der Waals surface area contributed by atoms with Gasteiger partial charge in [0.05, 0.1) is 19.1 Å². The zero-order valence-electron chi connectivity index (χ0n) is 10.0.